The fourth-order valence-corrected chi connectivity index (χ4v) is 5.04. The quantitative estimate of drug-likeness (QED) is 0.247. The van der Waals surface area contributed by atoms with Crippen molar-refractivity contribution in [3.05, 3.63) is 114 Å². The molecule has 9 nitrogen and oxygen atoms in total. The van der Waals surface area contributed by atoms with Gasteiger partial charge < -0.3 is 25.0 Å². The smallest absolute Gasteiger partial charge is 0.412 e. The zero-order valence-electron chi connectivity index (χ0n) is 24.2. The first-order chi connectivity index (χ1) is 21.1. The lowest BCUT2D eigenvalue weighted by molar-refractivity contribution is 0.0741. The number of carbonyl (C=O) groups excluding carboxylic acids is 2. The Balaban J connectivity index is 1.37. The number of nitrogens with two attached hydrogens (primary N) is 1. The first-order valence-electron chi connectivity index (χ1n) is 14.5. The largest absolute Gasteiger partial charge is 0.444 e. The summed E-state index contributed by atoms with van der Waals surface area (Å²) in [4.78, 5) is 34.3. The van der Waals surface area contributed by atoms with Crippen molar-refractivity contribution >= 4 is 23.4 Å². The number of hydrogen-bond donors (Lipinski definition) is 2. The van der Waals surface area contributed by atoms with E-state index in [0.29, 0.717) is 50.5 Å². The van der Waals surface area contributed by atoms with Gasteiger partial charge in [-0.25, -0.2) is 4.79 Å². The van der Waals surface area contributed by atoms with E-state index in [0.717, 1.165) is 41.0 Å². The Hall–Kier alpha value is -4.73. The molecule has 0 radical (unpaired) electrons. The van der Waals surface area contributed by atoms with Gasteiger partial charge in [0.05, 0.1) is 30.2 Å². The van der Waals surface area contributed by atoms with Gasteiger partial charge in [-0.05, 0) is 65.6 Å². The third-order valence-electron chi connectivity index (χ3n) is 7.26. The number of nitrogens with zero attached hydrogens (tertiary/aromatic N) is 3. The summed E-state index contributed by atoms with van der Waals surface area (Å²) >= 11 is 0. The minimum Gasteiger partial charge on any atom is -0.444 e. The Morgan fingerprint density at radius 3 is 2.49 bits per heavy atom. The topological polar surface area (TPSA) is 110 Å². The fourth-order valence-electron chi connectivity index (χ4n) is 5.04. The predicted molar refractivity (Wildman–Crippen MR) is 168 cm³/mol. The Morgan fingerprint density at radius 1 is 0.930 bits per heavy atom. The molecule has 2 amide bonds. The first-order valence-corrected chi connectivity index (χ1v) is 14.5. The van der Waals surface area contributed by atoms with Gasteiger partial charge in [0, 0.05) is 38.6 Å². The number of ether oxygens (including phenoxy) is 2. The average Bonchev–Trinajstić information content (AvgIpc) is 3.07. The summed E-state index contributed by atoms with van der Waals surface area (Å²) in [5.41, 5.74) is 11.7. The van der Waals surface area contributed by atoms with Crippen molar-refractivity contribution in [2.75, 3.05) is 49.6 Å². The van der Waals surface area contributed by atoms with Crippen LogP contribution in [0.4, 0.5) is 16.2 Å². The highest BCUT2D eigenvalue weighted by Crippen LogP contribution is 2.33. The van der Waals surface area contributed by atoms with E-state index in [4.69, 9.17) is 15.2 Å². The zero-order chi connectivity index (χ0) is 29.9. The molecule has 0 saturated carbocycles. The third-order valence-corrected chi connectivity index (χ3v) is 7.26. The molecule has 0 bridgehead atoms. The summed E-state index contributed by atoms with van der Waals surface area (Å²) in [7, 11) is 0. The fraction of sp³-hybridized carbons (Fsp3) is 0.265. The number of pyridine rings is 1. The molecule has 0 spiro atoms. The molecule has 1 fully saturated rings. The maximum absolute atomic E-state index is 13.3. The van der Waals surface area contributed by atoms with Crippen molar-refractivity contribution in [2.24, 2.45) is 5.73 Å². The molecule has 0 aliphatic carbocycles. The van der Waals surface area contributed by atoms with E-state index in [1.807, 2.05) is 60.7 Å². The number of nitrogens with one attached hydrogen (secondary N) is 1. The van der Waals surface area contributed by atoms with E-state index in [2.05, 4.69) is 27.3 Å². The van der Waals surface area contributed by atoms with Gasteiger partial charge in [-0.15, -0.1) is 0 Å². The van der Waals surface area contributed by atoms with Crippen molar-refractivity contribution in [1.82, 2.24) is 9.88 Å². The van der Waals surface area contributed by atoms with Gasteiger partial charge in [0.15, 0.2) is 0 Å². The summed E-state index contributed by atoms with van der Waals surface area (Å²) in [5, 5.41) is 2.98. The van der Waals surface area contributed by atoms with Crippen molar-refractivity contribution in [3.63, 3.8) is 0 Å². The number of aromatic nitrogens is 1. The van der Waals surface area contributed by atoms with Crippen LogP contribution in [0.25, 0.3) is 11.1 Å². The molecule has 5 rings (SSSR count). The second-order valence-electron chi connectivity index (χ2n) is 10.3. The number of amides is 2. The van der Waals surface area contributed by atoms with Crippen LogP contribution < -0.4 is 16.0 Å². The van der Waals surface area contributed by atoms with Crippen LogP contribution in [0, 0.1) is 0 Å². The Morgan fingerprint density at radius 2 is 1.72 bits per heavy atom. The molecule has 1 aliphatic rings. The van der Waals surface area contributed by atoms with Gasteiger partial charge in [-0.3, -0.25) is 15.1 Å². The monoisotopic (exact) mass is 579 g/mol. The summed E-state index contributed by atoms with van der Waals surface area (Å²) in [6.45, 7) is 4.36. The van der Waals surface area contributed by atoms with E-state index in [-0.39, 0.29) is 12.5 Å². The van der Waals surface area contributed by atoms with Crippen LogP contribution in [-0.4, -0.2) is 61.3 Å². The molecule has 1 aliphatic heterocycles. The highest BCUT2D eigenvalue weighted by atomic mass is 16.5. The van der Waals surface area contributed by atoms with Crippen LogP contribution >= 0.6 is 0 Å². The predicted octanol–water partition coefficient (Wildman–Crippen LogP) is 5.33. The van der Waals surface area contributed by atoms with E-state index in [1.165, 1.54) is 0 Å². The molecular formula is C34H37N5O4. The number of hydrogen-bond acceptors (Lipinski definition) is 7. The number of carbonyl (C=O) groups is 2. The van der Waals surface area contributed by atoms with Gasteiger partial charge in [-0.1, -0.05) is 54.6 Å². The van der Waals surface area contributed by atoms with Crippen molar-refractivity contribution in [2.45, 2.75) is 19.6 Å². The van der Waals surface area contributed by atoms with Crippen LogP contribution in [0.5, 0.6) is 0 Å². The van der Waals surface area contributed by atoms with Crippen LogP contribution in [-0.2, 0) is 22.6 Å². The highest BCUT2D eigenvalue weighted by Gasteiger charge is 2.19. The van der Waals surface area contributed by atoms with E-state index in [9.17, 15) is 9.59 Å². The molecular weight excluding hydrogens is 542 g/mol. The summed E-state index contributed by atoms with van der Waals surface area (Å²) in [6, 6.07) is 27.3. The summed E-state index contributed by atoms with van der Waals surface area (Å²) in [5.74, 6) is -0.0812. The van der Waals surface area contributed by atoms with Gasteiger partial charge in [-0.2, -0.15) is 0 Å². The Labute approximate surface area is 252 Å². The average molecular weight is 580 g/mol. The third kappa shape index (κ3) is 8.18. The van der Waals surface area contributed by atoms with Gasteiger partial charge in [0.25, 0.3) is 5.91 Å². The lowest BCUT2D eigenvalue weighted by Gasteiger charge is -2.30. The lowest BCUT2D eigenvalue weighted by Crippen LogP contribution is -2.36. The lowest BCUT2D eigenvalue weighted by atomic mass is 10.0. The minimum absolute atomic E-state index is 0.0812. The maximum atomic E-state index is 13.3. The summed E-state index contributed by atoms with van der Waals surface area (Å²) < 4.78 is 11.1. The molecule has 222 valence electrons. The number of anilines is 2. The SMILES string of the molecule is NCCCN(Cc1cccc(-c2ccc(N3CCOCC3)c(NC(=O)OCc3ccccc3)c2)c1)C(=O)c1cccnc1. The molecule has 43 heavy (non-hydrogen) atoms. The highest BCUT2D eigenvalue weighted by molar-refractivity contribution is 5.94. The number of morpholine rings is 1. The van der Waals surface area contributed by atoms with Crippen LogP contribution in [0.1, 0.15) is 27.9 Å². The van der Waals surface area contributed by atoms with Crippen molar-refractivity contribution < 1.29 is 19.1 Å². The van der Waals surface area contributed by atoms with Gasteiger partial charge in [0.2, 0.25) is 0 Å². The van der Waals surface area contributed by atoms with Crippen LogP contribution in [0.3, 0.4) is 0 Å². The molecule has 3 aromatic carbocycles. The molecule has 2 heterocycles. The second kappa shape index (κ2) is 14.9. The Bertz CT molecular complexity index is 1490. The van der Waals surface area contributed by atoms with Gasteiger partial charge >= 0.3 is 6.09 Å². The summed E-state index contributed by atoms with van der Waals surface area (Å²) in [6.07, 6.45) is 3.42. The van der Waals surface area contributed by atoms with E-state index < -0.39 is 6.09 Å². The molecule has 1 saturated heterocycles. The van der Waals surface area contributed by atoms with Gasteiger partial charge in [0.1, 0.15) is 6.61 Å². The second-order valence-corrected chi connectivity index (χ2v) is 10.3. The van der Waals surface area contributed by atoms with Crippen molar-refractivity contribution in [1.29, 1.82) is 0 Å². The first kappa shape index (κ1) is 29.8. The molecule has 9 heteroatoms. The Kier molecular flexibility index (Phi) is 10.3. The number of rotatable bonds is 11. The minimum atomic E-state index is -0.520. The molecule has 3 N–H and O–H groups in total. The van der Waals surface area contributed by atoms with Crippen LogP contribution in [0.2, 0.25) is 0 Å². The van der Waals surface area contributed by atoms with E-state index >= 15 is 0 Å². The maximum Gasteiger partial charge on any atom is 0.412 e. The molecule has 0 atom stereocenters. The standard InChI is InChI=1S/C34H37N5O4/c35-14-6-16-39(33(40)30-11-5-15-36-23-30)24-27-9-4-10-28(21-27)29-12-13-32(38-17-19-42-20-18-38)31(22-29)37-34(41)43-25-26-7-2-1-3-8-26/h1-5,7-13,15,21-23H,6,14,16-20,24-25,35H2,(H,37,41). The normalized spacial score (nSPS) is 12.9. The molecule has 4 aromatic rings. The van der Waals surface area contributed by atoms with Crippen molar-refractivity contribution in [3.8, 4) is 11.1 Å². The molecule has 1 aromatic heterocycles. The zero-order valence-corrected chi connectivity index (χ0v) is 24.2. The van der Waals surface area contributed by atoms with Crippen LogP contribution in [0.15, 0.2) is 97.3 Å². The van der Waals surface area contributed by atoms with E-state index in [1.54, 1.807) is 29.4 Å². The molecule has 0 unspecified atom stereocenters. The number of benzene rings is 3.